The van der Waals surface area contributed by atoms with E-state index in [4.69, 9.17) is 28.6 Å². The quantitative estimate of drug-likeness (QED) is 0.365. The molecule has 0 aromatic heterocycles. The molecule has 0 spiro atoms. The van der Waals surface area contributed by atoms with E-state index in [9.17, 15) is 14.7 Å². The number of hydrazine groups is 1. The summed E-state index contributed by atoms with van der Waals surface area (Å²) in [6.45, 7) is 1.53. The van der Waals surface area contributed by atoms with E-state index in [1.165, 1.54) is 6.07 Å². The highest BCUT2D eigenvalue weighted by Crippen LogP contribution is 2.24. The molecular weight excluding hydrogens is 426 g/mol. The van der Waals surface area contributed by atoms with Gasteiger partial charge in [-0.25, -0.2) is 0 Å². The molecule has 0 bridgehead atoms. The van der Waals surface area contributed by atoms with Gasteiger partial charge in [0, 0.05) is 5.02 Å². The van der Waals surface area contributed by atoms with Crippen LogP contribution >= 0.6 is 23.8 Å². The third-order valence-electron chi connectivity index (χ3n) is 4.15. The van der Waals surface area contributed by atoms with Gasteiger partial charge in [-0.1, -0.05) is 35.9 Å². The molecule has 30 heavy (non-hydrogen) atoms. The topological polar surface area (TPSA) is 99.7 Å². The molecule has 3 aromatic rings. The van der Waals surface area contributed by atoms with Crippen molar-refractivity contribution in [3.8, 4) is 11.5 Å². The van der Waals surface area contributed by atoms with Gasteiger partial charge in [0.15, 0.2) is 11.7 Å². The van der Waals surface area contributed by atoms with Crippen molar-refractivity contribution in [3.05, 3.63) is 70.7 Å². The number of aryl methyl sites for hydroxylation is 1. The Hall–Kier alpha value is -3.36. The summed E-state index contributed by atoms with van der Waals surface area (Å²) in [6, 6.07) is 15.4. The molecule has 0 saturated heterocycles. The van der Waals surface area contributed by atoms with Crippen LogP contribution in [0.1, 0.15) is 15.9 Å². The number of benzene rings is 3. The number of halogens is 1. The zero-order chi connectivity index (χ0) is 21.7. The second-order valence-corrected chi connectivity index (χ2v) is 7.22. The SMILES string of the molecule is Cc1cc(Cl)ccc1OCC(=O)NC(=S)NNC(=O)c1cc2ccccc2cc1O. The summed E-state index contributed by atoms with van der Waals surface area (Å²) in [5, 5.41) is 14.5. The first-order valence-electron chi connectivity index (χ1n) is 8.84. The fourth-order valence-electron chi connectivity index (χ4n) is 2.70. The number of hydrogen-bond acceptors (Lipinski definition) is 5. The number of rotatable bonds is 4. The van der Waals surface area contributed by atoms with Gasteiger partial charge in [-0.05, 0) is 65.8 Å². The Kier molecular flexibility index (Phi) is 6.71. The molecule has 7 nitrogen and oxygen atoms in total. The van der Waals surface area contributed by atoms with Gasteiger partial charge in [0.1, 0.15) is 11.5 Å². The lowest BCUT2D eigenvalue weighted by atomic mass is 10.1. The average molecular weight is 444 g/mol. The van der Waals surface area contributed by atoms with Gasteiger partial charge in [-0.3, -0.25) is 25.8 Å². The number of aromatic hydroxyl groups is 1. The fourth-order valence-corrected chi connectivity index (χ4v) is 3.09. The molecule has 4 N–H and O–H groups in total. The van der Waals surface area contributed by atoms with E-state index in [2.05, 4.69) is 16.2 Å². The van der Waals surface area contributed by atoms with Crippen molar-refractivity contribution in [2.45, 2.75) is 6.92 Å². The van der Waals surface area contributed by atoms with Crippen LogP contribution in [0, 0.1) is 6.92 Å². The van der Waals surface area contributed by atoms with Gasteiger partial charge >= 0.3 is 0 Å². The Labute approximate surface area is 183 Å². The highest BCUT2D eigenvalue weighted by molar-refractivity contribution is 7.80. The summed E-state index contributed by atoms with van der Waals surface area (Å²) in [6.07, 6.45) is 0. The van der Waals surface area contributed by atoms with E-state index < -0.39 is 11.8 Å². The minimum absolute atomic E-state index is 0.0665. The van der Waals surface area contributed by atoms with Gasteiger partial charge in [-0.15, -0.1) is 0 Å². The molecule has 0 aliphatic carbocycles. The molecule has 0 saturated carbocycles. The van der Waals surface area contributed by atoms with Crippen LogP contribution in [-0.2, 0) is 4.79 Å². The number of fused-ring (bicyclic) bond motifs is 1. The monoisotopic (exact) mass is 443 g/mol. The predicted molar refractivity (Wildman–Crippen MR) is 119 cm³/mol. The van der Waals surface area contributed by atoms with Crippen molar-refractivity contribution < 1.29 is 19.4 Å². The van der Waals surface area contributed by atoms with E-state index in [1.807, 2.05) is 31.2 Å². The Morgan fingerprint density at radius 1 is 1.07 bits per heavy atom. The van der Waals surface area contributed by atoms with E-state index in [1.54, 1.807) is 24.3 Å². The molecule has 154 valence electrons. The maximum Gasteiger partial charge on any atom is 0.273 e. The number of ether oxygens (including phenoxy) is 1. The van der Waals surface area contributed by atoms with Crippen LogP contribution in [0.2, 0.25) is 5.02 Å². The third-order valence-corrected chi connectivity index (χ3v) is 4.59. The lowest BCUT2D eigenvalue weighted by molar-refractivity contribution is -0.121. The number of amides is 2. The first kappa shape index (κ1) is 21.4. The molecule has 0 heterocycles. The Bertz CT molecular complexity index is 1140. The fraction of sp³-hybridized carbons (Fsp3) is 0.0952. The number of carbonyl (C=O) groups excluding carboxylic acids is 2. The number of carbonyl (C=O) groups is 2. The number of thiocarbonyl (C=S) groups is 1. The first-order chi connectivity index (χ1) is 14.3. The second kappa shape index (κ2) is 9.43. The van der Waals surface area contributed by atoms with Crippen molar-refractivity contribution in [1.29, 1.82) is 0 Å². The molecule has 3 rings (SSSR count). The molecule has 0 fully saturated rings. The second-order valence-electron chi connectivity index (χ2n) is 6.37. The summed E-state index contributed by atoms with van der Waals surface area (Å²) >= 11 is 10.9. The van der Waals surface area contributed by atoms with E-state index in [-0.39, 0.29) is 23.0 Å². The summed E-state index contributed by atoms with van der Waals surface area (Å²) in [7, 11) is 0. The van der Waals surface area contributed by atoms with Crippen LogP contribution in [0.3, 0.4) is 0 Å². The van der Waals surface area contributed by atoms with E-state index in [0.29, 0.717) is 10.8 Å². The Balaban J connectivity index is 1.51. The van der Waals surface area contributed by atoms with Crippen molar-refractivity contribution in [1.82, 2.24) is 16.2 Å². The highest BCUT2D eigenvalue weighted by atomic mass is 35.5. The van der Waals surface area contributed by atoms with Gasteiger partial charge < -0.3 is 9.84 Å². The lowest BCUT2D eigenvalue weighted by Gasteiger charge is -2.13. The van der Waals surface area contributed by atoms with Crippen LogP contribution in [0.5, 0.6) is 11.5 Å². The van der Waals surface area contributed by atoms with Gasteiger partial charge in [-0.2, -0.15) is 0 Å². The molecule has 0 aliphatic rings. The highest BCUT2D eigenvalue weighted by Gasteiger charge is 2.13. The van der Waals surface area contributed by atoms with Gasteiger partial charge in [0.25, 0.3) is 11.8 Å². The van der Waals surface area contributed by atoms with Crippen molar-refractivity contribution in [2.24, 2.45) is 0 Å². The number of hydrogen-bond donors (Lipinski definition) is 4. The maximum absolute atomic E-state index is 12.3. The van der Waals surface area contributed by atoms with Crippen LogP contribution in [-0.4, -0.2) is 28.6 Å². The number of phenols is 1. The summed E-state index contributed by atoms with van der Waals surface area (Å²) in [5.41, 5.74) is 5.62. The minimum Gasteiger partial charge on any atom is -0.507 e. The van der Waals surface area contributed by atoms with Crippen LogP contribution in [0.25, 0.3) is 10.8 Å². The minimum atomic E-state index is -0.608. The van der Waals surface area contributed by atoms with Crippen molar-refractivity contribution in [2.75, 3.05) is 6.61 Å². The summed E-state index contributed by atoms with van der Waals surface area (Å²) in [5.74, 6) is -0.768. The van der Waals surface area contributed by atoms with Gasteiger partial charge in [0.05, 0.1) is 5.56 Å². The smallest absolute Gasteiger partial charge is 0.273 e. The predicted octanol–water partition coefficient (Wildman–Crippen LogP) is 3.22. The number of nitrogens with one attached hydrogen (secondary N) is 3. The molecule has 0 atom stereocenters. The van der Waals surface area contributed by atoms with Crippen LogP contribution in [0.15, 0.2) is 54.6 Å². The largest absolute Gasteiger partial charge is 0.507 e. The van der Waals surface area contributed by atoms with E-state index >= 15 is 0 Å². The molecule has 0 unspecified atom stereocenters. The standard InChI is InChI=1S/C21H18ClN3O4S/c1-12-8-15(22)6-7-18(12)29-11-19(27)23-21(30)25-24-20(28)16-9-13-4-2-3-5-14(13)10-17(16)26/h2-10,26H,11H2,1H3,(H,24,28)(H2,23,25,27,30). The zero-order valence-corrected chi connectivity index (χ0v) is 17.4. The Morgan fingerprint density at radius 3 is 2.47 bits per heavy atom. The molecule has 0 aliphatic heterocycles. The molecule has 3 aromatic carbocycles. The van der Waals surface area contributed by atoms with Gasteiger partial charge in [0.2, 0.25) is 0 Å². The summed E-state index contributed by atoms with van der Waals surface area (Å²) < 4.78 is 5.43. The van der Waals surface area contributed by atoms with Crippen molar-refractivity contribution in [3.63, 3.8) is 0 Å². The molecule has 0 radical (unpaired) electrons. The lowest BCUT2D eigenvalue weighted by Crippen LogP contribution is -2.49. The third kappa shape index (κ3) is 5.37. The number of phenolic OH excluding ortho intramolecular Hbond substituents is 1. The van der Waals surface area contributed by atoms with Crippen LogP contribution < -0.4 is 20.9 Å². The first-order valence-corrected chi connectivity index (χ1v) is 9.63. The summed E-state index contributed by atoms with van der Waals surface area (Å²) in [4.78, 5) is 24.3. The van der Waals surface area contributed by atoms with Crippen molar-refractivity contribution >= 4 is 51.5 Å². The maximum atomic E-state index is 12.3. The molecular formula is C21H18ClN3O4S. The van der Waals surface area contributed by atoms with Crippen LogP contribution in [0.4, 0.5) is 0 Å². The zero-order valence-electron chi connectivity index (χ0n) is 15.9. The van der Waals surface area contributed by atoms with E-state index in [0.717, 1.165) is 16.3 Å². The normalized spacial score (nSPS) is 10.3. The molecule has 2 amide bonds. The average Bonchev–Trinajstić information content (AvgIpc) is 2.71. The molecule has 9 heteroatoms. The Morgan fingerprint density at radius 2 is 1.77 bits per heavy atom.